The van der Waals surface area contributed by atoms with Gasteiger partial charge >= 0.3 is 5.97 Å². The highest BCUT2D eigenvalue weighted by molar-refractivity contribution is 6.05. The van der Waals surface area contributed by atoms with Crippen LogP contribution in [0.4, 0.5) is 0 Å². The maximum absolute atomic E-state index is 12.7. The average molecular weight is 357 g/mol. The lowest BCUT2D eigenvalue weighted by Crippen LogP contribution is -2.25. The molecule has 0 bridgehead atoms. The number of para-hydroxylation sites is 1. The van der Waals surface area contributed by atoms with E-state index in [1.54, 1.807) is 38.1 Å². The quantitative estimate of drug-likeness (QED) is 0.604. The summed E-state index contributed by atoms with van der Waals surface area (Å²) in [6.45, 7) is 8.62. The van der Waals surface area contributed by atoms with Crippen LogP contribution >= 0.6 is 0 Å². The molecule has 1 aromatic carbocycles. The van der Waals surface area contributed by atoms with Crippen molar-refractivity contribution in [2.75, 3.05) is 6.61 Å². The van der Waals surface area contributed by atoms with Gasteiger partial charge in [0.25, 0.3) is 0 Å². The summed E-state index contributed by atoms with van der Waals surface area (Å²) in [7, 11) is 0. The van der Waals surface area contributed by atoms with Crippen molar-refractivity contribution in [2.45, 2.75) is 40.7 Å². The Bertz CT molecular complexity index is 850. The van der Waals surface area contributed by atoms with Crippen LogP contribution in [0.15, 0.2) is 24.3 Å². The lowest BCUT2D eigenvalue weighted by Gasteiger charge is -2.14. The summed E-state index contributed by atoms with van der Waals surface area (Å²) >= 11 is 0. The van der Waals surface area contributed by atoms with E-state index >= 15 is 0 Å². The molecule has 0 fully saturated rings. The lowest BCUT2D eigenvalue weighted by molar-refractivity contribution is 0.0313. The van der Waals surface area contributed by atoms with Gasteiger partial charge in [-0.25, -0.2) is 4.79 Å². The summed E-state index contributed by atoms with van der Waals surface area (Å²) in [6.07, 6.45) is -1.01. The molecule has 2 rings (SSSR count). The van der Waals surface area contributed by atoms with Crippen LogP contribution in [0, 0.1) is 13.8 Å². The molecule has 6 heteroatoms. The molecule has 0 saturated heterocycles. The average Bonchev–Trinajstić information content (AvgIpc) is 2.89. The number of carbonyl (C=O) groups excluding carboxylic acids is 3. The number of aromatic amines is 1. The van der Waals surface area contributed by atoms with Crippen molar-refractivity contribution >= 4 is 17.5 Å². The predicted octanol–water partition coefficient (Wildman–Crippen LogP) is 3.66. The number of nitrogens with one attached hydrogen (secondary N) is 1. The summed E-state index contributed by atoms with van der Waals surface area (Å²) in [6, 6.07) is 6.71. The molecule has 0 aliphatic heterocycles. The lowest BCUT2D eigenvalue weighted by atomic mass is 10.0. The zero-order chi connectivity index (χ0) is 19.4. The van der Waals surface area contributed by atoms with Crippen molar-refractivity contribution in [3.63, 3.8) is 0 Å². The third kappa shape index (κ3) is 3.85. The second kappa shape index (κ2) is 7.99. The van der Waals surface area contributed by atoms with Crippen LogP contribution in [0.3, 0.4) is 0 Å². The molecule has 1 atom stereocenters. The number of H-pyrrole nitrogens is 1. The highest BCUT2D eigenvalue weighted by Crippen LogP contribution is 2.22. The fourth-order valence-electron chi connectivity index (χ4n) is 2.92. The van der Waals surface area contributed by atoms with E-state index in [1.807, 2.05) is 6.92 Å². The van der Waals surface area contributed by atoms with Gasteiger partial charge in [0.15, 0.2) is 11.9 Å². The highest BCUT2D eigenvalue weighted by Gasteiger charge is 2.27. The van der Waals surface area contributed by atoms with Crippen molar-refractivity contribution in [1.29, 1.82) is 0 Å². The Hall–Kier alpha value is -2.89. The van der Waals surface area contributed by atoms with Crippen LogP contribution in [0.5, 0.6) is 5.75 Å². The molecule has 0 spiro atoms. The van der Waals surface area contributed by atoms with Gasteiger partial charge in [-0.2, -0.15) is 0 Å². The Balaban J connectivity index is 2.21. The summed E-state index contributed by atoms with van der Waals surface area (Å²) in [4.78, 5) is 39.8. The van der Waals surface area contributed by atoms with Gasteiger partial charge < -0.3 is 14.5 Å². The maximum Gasteiger partial charge on any atom is 0.342 e. The van der Waals surface area contributed by atoms with Crippen LogP contribution in [-0.2, 0) is 4.74 Å². The molecule has 0 saturated carbocycles. The molecule has 1 heterocycles. The first-order chi connectivity index (χ1) is 12.3. The highest BCUT2D eigenvalue weighted by atomic mass is 16.5. The van der Waals surface area contributed by atoms with Gasteiger partial charge in [-0.05, 0) is 52.3 Å². The first-order valence-electron chi connectivity index (χ1n) is 8.45. The molecule has 2 aromatic rings. The second-order valence-corrected chi connectivity index (χ2v) is 6.02. The van der Waals surface area contributed by atoms with Crippen LogP contribution in [-0.4, -0.2) is 35.2 Å². The summed E-state index contributed by atoms with van der Waals surface area (Å²) in [5.74, 6) is -0.737. The van der Waals surface area contributed by atoms with E-state index in [-0.39, 0.29) is 22.8 Å². The minimum Gasteiger partial charge on any atom is -0.493 e. The smallest absolute Gasteiger partial charge is 0.342 e. The summed E-state index contributed by atoms with van der Waals surface area (Å²) in [5.41, 5.74) is 2.23. The van der Waals surface area contributed by atoms with Crippen LogP contribution in [0.1, 0.15) is 63.2 Å². The fourth-order valence-corrected chi connectivity index (χ4v) is 2.92. The van der Waals surface area contributed by atoms with E-state index < -0.39 is 12.1 Å². The normalized spacial score (nSPS) is 11.7. The van der Waals surface area contributed by atoms with E-state index in [9.17, 15) is 14.4 Å². The fraction of sp³-hybridized carbons (Fsp3) is 0.350. The number of aryl methyl sites for hydroxylation is 1. The predicted molar refractivity (Wildman–Crippen MR) is 97.1 cm³/mol. The number of rotatable bonds is 7. The van der Waals surface area contributed by atoms with Crippen molar-refractivity contribution in [2.24, 2.45) is 0 Å². The molecule has 1 aromatic heterocycles. The van der Waals surface area contributed by atoms with Gasteiger partial charge in [0.1, 0.15) is 11.3 Å². The first-order valence-corrected chi connectivity index (χ1v) is 8.45. The van der Waals surface area contributed by atoms with Gasteiger partial charge in [0, 0.05) is 11.3 Å². The maximum atomic E-state index is 12.7. The van der Waals surface area contributed by atoms with E-state index in [0.29, 0.717) is 29.2 Å². The standard InChI is InChI=1S/C20H23NO5/c1-6-25-16-10-8-7-9-15(16)20(24)26-14(5)19(23)18-11(2)17(13(4)22)12(3)21-18/h7-10,14,21H,6H2,1-5H3. The zero-order valence-electron chi connectivity index (χ0n) is 15.6. The third-order valence-electron chi connectivity index (χ3n) is 4.10. The molecular weight excluding hydrogens is 334 g/mol. The van der Waals surface area contributed by atoms with Gasteiger partial charge in [0.2, 0.25) is 5.78 Å². The minimum atomic E-state index is -1.01. The molecule has 26 heavy (non-hydrogen) atoms. The summed E-state index contributed by atoms with van der Waals surface area (Å²) < 4.78 is 10.8. The van der Waals surface area contributed by atoms with Gasteiger partial charge in [-0.15, -0.1) is 0 Å². The molecule has 1 N–H and O–H groups in total. The number of aromatic nitrogens is 1. The Morgan fingerprint density at radius 3 is 2.38 bits per heavy atom. The molecule has 0 radical (unpaired) electrons. The molecule has 0 aliphatic carbocycles. The van der Waals surface area contributed by atoms with Gasteiger partial charge in [-0.1, -0.05) is 12.1 Å². The third-order valence-corrected chi connectivity index (χ3v) is 4.10. The molecule has 1 unspecified atom stereocenters. The van der Waals surface area contributed by atoms with Crippen molar-refractivity contribution in [3.05, 3.63) is 52.3 Å². The number of carbonyl (C=O) groups is 3. The van der Waals surface area contributed by atoms with Crippen molar-refractivity contribution in [1.82, 2.24) is 4.98 Å². The molecule has 0 aliphatic rings. The number of hydrogen-bond acceptors (Lipinski definition) is 5. The van der Waals surface area contributed by atoms with Crippen molar-refractivity contribution < 1.29 is 23.9 Å². The number of ether oxygens (including phenoxy) is 2. The SMILES string of the molecule is CCOc1ccccc1C(=O)OC(C)C(=O)c1[nH]c(C)c(C(C)=O)c1C. The Labute approximate surface area is 152 Å². The number of esters is 1. The Morgan fingerprint density at radius 2 is 1.81 bits per heavy atom. The largest absolute Gasteiger partial charge is 0.493 e. The molecule has 138 valence electrons. The topological polar surface area (TPSA) is 85.5 Å². The molecule has 0 amide bonds. The summed E-state index contributed by atoms with van der Waals surface area (Å²) in [5, 5.41) is 0. The van der Waals surface area contributed by atoms with Crippen LogP contribution < -0.4 is 4.74 Å². The van der Waals surface area contributed by atoms with Crippen LogP contribution in [0.25, 0.3) is 0 Å². The van der Waals surface area contributed by atoms with E-state index in [1.165, 1.54) is 13.8 Å². The monoisotopic (exact) mass is 357 g/mol. The Kier molecular flexibility index (Phi) is 5.97. The Morgan fingerprint density at radius 1 is 1.15 bits per heavy atom. The van der Waals surface area contributed by atoms with E-state index in [0.717, 1.165) is 0 Å². The molecule has 6 nitrogen and oxygen atoms in total. The van der Waals surface area contributed by atoms with E-state index in [4.69, 9.17) is 9.47 Å². The number of benzene rings is 1. The minimum absolute atomic E-state index is 0.120. The zero-order valence-corrected chi connectivity index (χ0v) is 15.6. The van der Waals surface area contributed by atoms with Gasteiger partial charge in [-0.3, -0.25) is 9.59 Å². The van der Waals surface area contributed by atoms with Crippen molar-refractivity contribution in [3.8, 4) is 5.75 Å². The molecular formula is C20H23NO5. The second-order valence-electron chi connectivity index (χ2n) is 6.02. The van der Waals surface area contributed by atoms with Crippen LogP contribution in [0.2, 0.25) is 0 Å². The first kappa shape index (κ1) is 19.4. The number of ketones is 2. The number of hydrogen-bond donors (Lipinski definition) is 1. The van der Waals surface area contributed by atoms with E-state index in [2.05, 4.69) is 4.98 Å². The number of Topliss-reactive ketones (excluding diaryl/α,β-unsaturated/α-hetero) is 2. The van der Waals surface area contributed by atoms with Gasteiger partial charge in [0.05, 0.1) is 12.3 Å².